The van der Waals surface area contributed by atoms with Crippen LogP contribution in [0.2, 0.25) is 0 Å². The molecule has 3 saturated carbocycles. The molecule has 0 amide bonds. The van der Waals surface area contributed by atoms with Gasteiger partial charge in [0.2, 0.25) is 5.12 Å². The zero-order valence-corrected chi connectivity index (χ0v) is 22.9. The summed E-state index contributed by atoms with van der Waals surface area (Å²) >= 11 is 0.395. The van der Waals surface area contributed by atoms with E-state index >= 15 is 8.78 Å². The summed E-state index contributed by atoms with van der Waals surface area (Å²) in [4.78, 5) is 39.3. The number of hydrogen-bond donors (Lipinski definition) is 1. The number of ether oxygens (including phenoxy) is 2. The number of hydrogen-bond acceptors (Lipinski definition) is 7. The molecule has 210 valence electrons. The molecule has 6 nitrogen and oxygen atoms in total. The van der Waals surface area contributed by atoms with Gasteiger partial charge in [-0.05, 0) is 74.9 Å². The van der Waals surface area contributed by atoms with Gasteiger partial charge in [-0.3, -0.25) is 14.4 Å². The Morgan fingerprint density at radius 3 is 2.58 bits per heavy atom. The first-order valence-corrected chi connectivity index (χ1v) is 14.2. The molecule has 4 fully saturated rings. The molecular weight excluding hydrogens is 521 g/mol. The van der Waals surface area contributed by atoms with Crippen LogP contribution in [0.1, 0.15) is 53.4 Å². The summed E-state index contributed by atoms with van der Waals surface area (Å²) in [6.45, 7) is 7.06. The molecule has 5 aliphatic rings. The van der Waals surface area contributed by atoms with Gasteiger partial charge in [0.15, 0.2) is 17.1 Å². The lowest BCUT2D eigenvalue weighted by Crippen LogP contribution is -2.71. The van der Waals surface area contributed by atoms with Gasteiger partial charge in [-0.25, -0.2) is 13.2 Å². The Hall–Kier alpha value is -1.65. The van der Waals surface area contributed by atoms with Crippen molar-refractivity contribution in [3.8, 4) is 0 Å². The van der Waals surface area contributed by atoms with Crippen molar-refractivity contribution in [3.63, 3.8) is 0 Å². The second kappa shape index (κ2) is 8.93. The molecule has 38 heavy (non-hydrogen) atoms. The molecule has 10 atom stereocenters. The van der Waals surface area contributed by atoms with Crippen molar-refractivity contribution in [1.82, 2.24) is 0 Å². The molecule has 1 unspecified atom stereocenters. The van der Waals surface area contributed by atoms with Gasteiger partial charge in [0.25, 0.3) is 0 Å². The fourth-order valence-corrected chi connectivity index (χ4v) is 9.26. The first kappa shape index (κ1) is 27.9. The van der Waals surface area contributed by atoms with Crippen molar-refractivity contribution < 1.29 is 42.1 Å². The van der Waals surface area contributed by atoms with E-state index in [1.54, 1.807) is 20.8 Å². The summed E-state index contributed by atoms with van der Waals surface area (Å²) < 4.78 is 58.3. The maximum atomic E-state index is 17.4. The van der Waals surface area contributed by atoms with Gasteiger partial charge in [0, 0.05) is 29.3 Å². The zero-order chi connectivity index (χ0) is 27.9. The van der Waals surface area contributed by atoms with Crippen LogP contribution < -0.4 is 0 Å². The van der Waals surface area contributed by atoms with Gasteiger partial charge in [-0.2, -0.15) is 0 Å². The van der Waals surface area contributed by atoms with Crippen LogP contribution >= 0.6 is 11.8 Å². The molecule has 1 saturated heterocycles. The number of carbonyl (C=O) groups excluding carboxylic acids is 3. The topological polar surface area (TPSA) is 89.9 Å². The third-order valence-corrected chi connectivity index (χ3v) is 11.3. The summed E-state index contributed by atoms with van der Waals surface area (Å²) in [6.07, 6.45) is 0.462. The summed E-state index contributed by atoms with van der Waals surface area (Å²) in [6, 6.07) is -1.04. The average Bonchev–Trinajstić information content (AvgIpc) is 3.39. The Morgan fingerprint density at radius 1 is 1.24 bits per heavy atom. The first-order chi connectivity index (χ1) is 17.7. The van der Waals surface area contributed by atoms with Crippen LogP contribution in [-0.4, -0.2) is 64.7 Å². The lowest BCUT2D eigenvalue weighted by molar-refractivity contribution is -0.231. The standard InChI is InChI=1S/C28H35F3O6S/c1-15-9-17-18-11-20(30)19-10-16(32)5-6-25(19,3)27(18,31)21(33)12-26(17,4)28(15,23(35)38-14-29)37-22(34)24(2)7-8-36-13-24/h5-6,10,15,17-18,20-21,33H,7-9,11-14H2,1-4H3/t15-,17+,18+,20+,21+,24?,25+,26+,27+,28+/m1/s1. The number of halogens is 3. The number of fused-ring (bicyclic) bond motifs is 5. The maximum Gasteiger partial charge on any atom is 0.315 e. The fourth-order valence-electron chi connectivity index (χ4n) is 8.47. The normalized spacial score (nSPS) is 49.6. The average molecular weight is 557 g/mol. The van der Waals surface area contributed by atoms with Crippen LogP contribution in [0.15, 0.2) is 23.8 Å². The number of esters is 1. The highest BCUT2D eigenvalue weighted by Gasteiger charge is 2.78. The second-order valence-corrected chi connectivity index (χ2v) is 13.4. The van der Waals surface area contributed by atoms with Crippen LogP contribution in [-0.2, 0) is 23.9 Å². The van der Waals surface area contributed by atoms with Crippen molar-refractivity contribution in [3.05, 3.63) is 23.8 Å². The van der Waals surface area contributed by atoms with Crippen molar-refractivity contribution >= 4 is 28.6 Å². The Morgan fingerprint density at radius 2 is 1.95 bits per heavy atom. The lowest BCUT2D eigenvalue weighted by Gasteiger charge is -2.63. The Kier molecular flexibility index (Phi) is 6.56. The van der Waals surface area contributed by atoms with Gasteiger partial charge < -0.3 is 14.6 Å². The molecule has 0 spiro atoms. The third-order valence-electron chi connectivity index (χ3n) is 10.6. The van der Waals surface area contributed by atoms with Crippen molar-refractivity contribution in [2.24, 2.45) is 34.0 Å². The van der Waals surface area contributed by atoms with E-state index in [4.69, 9.17) is 9.47 Å². The van der Waals surface area contributed by atoms with Crippen molar-refractivity contribution in [2.45, 2.75) is 76.9 Å². The molecule has 1 aliphatic heterocycles. The van der Waals surface area contributed by atoms with E-state index < -0.39 is 80.4 Å². The number of rotatable bonds is 4. The van der Waals surface area contributed by atoms with Crippen LogP contribution in [0.25, 0.3) is 0 Å². The fraction of sp³-hybridized carbons (Fsp3) is 0.750. The number of thioether (sulfide) groups is 1. The van der Waals surface area contributed by atoms with Gasteiger partial charge in [0.1, 0.15) is 12.2 Å². The van der Waals surface area contributed by atoms with Crippen LogP contribution in [0.5, 0.6) is 0 Å². The highest BCUT2D eigenvalue weighted by Crippen LogP contribution is 2.72. The number of ketones is 1. The summed E-state index contributed by atoms with van der Waals surface area (Å²) in [7, 11) is 0. The van der Waals surface area contributed by atoms with Gasteiger partial charge in [0.05, 0.1) is 18.1 Å². The SMILES string of the molecule is C[C@@H]1C[C@H]2[C@@H]3C[C@H](F)C4=CC(=O)C=C[C@]4(C)[C@@]3(F)[C@@H](O)C[C@]2(C)[C@@]1(OC(=O)C1(C)CCOC1)C(=O)SCF. The number of allylic oxidation sites excluding steroid dienone is 4. The quantitative estimate of drug-likeness (QED) is 0.512. The largest absolute Gasteiger partial charge is 0.449 e. The predicted molar refractivity (Wildman–Crippen MR) is 134 cm³/mol. The summed E-state index contributed by atoms with van der Waals surface area (Å²) in [5.41, 5.74) is -8.02. The van der Waals surface area contributed by atoms with E-state index in [2.05, 4.69) is 0 Å². The minimum Gasteiger partial charge on any atom is -0.449 e. The highest BCUT2D eigenvalue weighted by molar-refractivity contribution is 8.13. The Labute approximate surface area is 224 Å². The van der Waals surface area contributed by atoms with Gasteiger partial charge in [-0.1, -0.05) is 19.9 Å². The second-order valence-electron chi connectivity index (χ2n) is 12.5. The first-order valence-electron chi connectivity index (χ1n) is 13.2. The molecule has 5 rings (SSSR count). The number of aliphatic hydroxyl groups is 1. The molecule has 4 aliphatic carbocycles. The zero-order valence-electron chi connectivity index (χ0n) is 22.1. The minimum atomic E-state index is -2.33. The molecule has 0 aromatic heterocycles. The van der Waals surface area contributed by atoms with Crippen LogP contribution in [0.3, 0.4) is 0 Å². The smallest absolute Gasteiger partial charge is 0.315 e. The maximum absolute atomic E-state index is 17.4. The van der Waals surface area contributed by atoms with E-state index in [1.807, 2.05) is 0 Å². The van der Waals surface area contributed by atoms with Gasteiger partial charge in [-0.15, -0.1) is 0 Å². The van der Waals surface area contributed by atoms with Crippen molar-refractivity contribution in [1.29, 1.82) is 0 Å². The van der Waals surface area contributed by atoms with E-state index in [-0.39, 0.29) is 31.4 Å². The third kappa shape index (κ3) is 3.38. The molecule has 0 aromatic rings. The monoisotopic (exact) mass is 556 g/mol. The van der Waals surface area contributed by atoms with Crippen LogP contribution in [0, 0.1) is 34.0 Å². The Balaban J connectivity index is 1.62. The Bertz CT molecular complexity index is 1120. The summed E-state index contributed by atoms with van der Waals surface area (Å²) in [5, 5.41) is 10.9. The molecule has 0 bridgehead atoms. The van der Waals surface area contributed by atoms with Crippen molar-refractivity contribution in [2.75, 3.05) is 19.2 Å². The van der Waals surface area contributed by atoms with E-state index in [9.17, 15) is 23.9 Å². The number of alkyl halides is 3. The van der Waals surface area contributed by atoms with Crippen LogP contribution in [0.4, 0.5) is 13.2 Å². The van der Waals surface area contributed by atoms with E-state index in [1.165, 1.54) is 19.1 Å². The molecular formula is C28H35F3O6S. The molecule has 10 heteroatoms. The number of aliphatic hydroxyl groups excluding tert-OH is 1. The predicted octanol–water partition coefficient (Wildman–Crippen LogP) is 4.45. The van der Waals surface area contributed by atoms with Gasteiger partial charge >= 0.3 is 5.97 Å². The molecule has 0 radical (unpaired) electrons. The van der Waals surface area contributed by atoms with E-state index in [0.29, 0.717) is 24.8 Å². The lowest BCUT2D eigenvalue weighted by atomic mass is 9.44. The number of carbonyl (C=O) groups is 3. The molecule has 1 N–H and O–H groups in total. The van der Waals surface area contributed by atoms with E-state index in [0.717, 1.165) is 6.08 Å². The summed E-state index contributed by atoms with van der Waals surface area (Å²) in [5.74, 6) is -3.42. The highest BCUT2D eigenvalue weighted by atomic mass is 32.2. The molecule has 1 heterocycles. The minimum absolute atomic E-state index is 0.00774. The molecule has 0 aromatic carbocycles.